The van der Waals surface area contributed by atoms with Gasteiger partial charge in [0.1, 0.15) is 5.75 Å². The van der Waals surface area contributed by atoms with Gasteiger partial charge in [-0.05, 0) is 38.5 Å². The number of rotatable bonds is 6. The van der Waals surface area contributed by atoms with Gasteiger partial charge >= 0.3 is 5.97 Å². The van der Waals surface area contributed by atoms with Crippen molar-refractivity contribution in [3.63, 3.8) is 0 Å². The monoisotopic (exact) mass is 299 g/mol. The lowest BCUT2D eigenvalue weighted by molar-refractivity contribution is -0.141. The predicted octanol–water partition coefficient (Wildman–Crippen LogP) is 3.17. The number of hydrogen-bond donors (Lipinski definition) is 1. The molecule has 0 aliphatic carbocycles. The second-order valence-corrected chi connectivity index (χ2v) is 5.95. The summed E-state index contributed by atoms with van der Waals surface area (Å²) in [5.74, 6) is 0.280. The topological polar surface area (TPSA) is 47.6 Å². The van der Waals surface area contributed by atoms with Gasteiger partial charge in [-0.25, -0.2) is 0 Å². The third-order valence-electron chi connectivity index (χ3n) is 2.61. The molecule has 1 N–H and O–H groups in total. The van der Waals surface area contributed by atoms with Gasteiger partial charge in [0, 0.05) is 12.1 Å². The fourth-order valence-electron chi connectivity index (χ4n) is 1.48. The Balaban J connectivity index is 2.53. The van der Waals surface area contributed by atoms with Crippen molar-refractivity contribution in [3.05, 3.63) is 28.8 Å². The second kappa shape index (κ2) is 7.50. The first-order valence-electron chi connectivity index (χ1n) is 6.55. The third-order valence-corrected chi connectivity index (χ3v) is 2.91. The van der Waals surface area contributed by atoms with Crippen molar-refractivity contribution in [1.29, 1.82) is 0 Å². The molecule has 0 spiro atoms. The highest BCUT2D eigenvalue weighted by Gasteiger charge is 2.10. The molecule has 112 valence electrons. The first kappa shape index (κ1) is 16.8. The SMILES string of the molecule is COC(=O)CCOc1ccc(CNC(C)(C)C)cc1Cl. The summed E-state index contributed by atoms with van der Waals surface area (Å²) in [5.41, 5.74) is 1.15. The van der Waals surface area contributed by atoms with Gasteiger partial charge in [0.25, 0.3) is 0 Å². The highest BCUT2D eigenvalue weighted by atomic mass is 35.5. The molecule has 0 aromatic heterocycles. The molecule has 4 nitrogen and oxygen atoms in total. The van der Waals surface area contributed by atoms with Gasteiger partial charge in [-0.1, -0.05) is 17.7 Å². The fourth-order valence-corrected chi connectivity index (χ4v) is 1.74. The minimum atomic E-state index is -0.299. The first-order valence-corrected chi connectivity index (χ1v) is 6.92. The molecular formula is C15H22ClNO3. The Kier molecular flexibility index (Phi) is 6.30. The highest BCUT2D eigenvalue weighted by molar-refractivity contribution is 6.32. The average molecular weight is 300 g/mol. The van der Waals surface area contributed by atoms with Gasteiger partial charge in [0.05, 0.1) is 25.2 Å². The van der Waals surface area contributed by atoms with Crippen LogP contribution in [0.2, 0.25) is 5.02 Å². The summed E-state index contributed by atoms with van der Waals surface area (Å²) in [6, 6.07) is 5.64. The van der Waals surface area contributed by atoms with Crippen LogP contribution in [0, 0.1) is 0 Å². The van der Waals surface area contributed by atoms with E-state index in [1.807, 2.05) is 18.2 Å². The van der Waals surface area contributed by atoms with Gasteiger partial charge in [-0.2, -0.15) is 0 Å². The van der Waals surface area contributed by atoms with E-state index in [1.165, 1.54) is 7.11 Å². The lowest BCUT2D eigenvalue weighted by Crippen LogP contribution is -2.35. The van der Waals surface area contributed by atoms with Gasteiger partial charge in [-0.15, -0.1) is 0 Å². The molecular weight excluding hydrogens is 278 g/mol. The Hall–Kier alpha value is -1.26. The first-order chi connectivity index (χ1) is 9.31. The number of halogens is 1. The number of benzene rings is 1. The van der Waals surface area contributed by atoms with Gasteiger partial charge in [0.2, 0.25) is 0 Å². The van der Waals surface area contributed by atoms with E-state index in [-0.39, 0.29) is 24.5 Å². The molecule has 0 heterocycles. The van der Waals surface area contributed by atoms with E-state index >= 15 is 0 Å². The Labute approximate surface area is 125 Å². The Morgan fingerprint density at radius 1 is 1.35 bits per heavy atom. The average Bonchev–Trinajstić information content (AvgIpc) is 2.37. The zero-order valence-electron chi connectivity index (χ0n) is 12.5. The van der Waals surface area contributed by atoms with E-state index in [2.05, 4.69) is 30.8 Å². The van der Waals surface area contributed by atoms with E-state index in [1.54, 1.807) is 0 Å². The van der Waals surface area contributed by atoms with E-state index in [0.29, 0.717) is 10.8 Å². The highest BCUT2D eigenvalue weighted by Crippen LogP contribution is 2.25. The van der Waals surface area contributed by atoms with E-state index in [0.717, 1.165) is 12.1 Å². The lowest BCUT2D eigenvalue weighted by atomic mass is 10.1. The molecule has 1 rings (SSSR count). The van der Waals surface area contributed by atoms with Crippen LogP contribution in [0.25, 0.3) is 0 Å². The summed E-state index contributed by atoms with van der Waals surface area (Å²) in [6.45, 7) is 7.33. The van der Waals surface area contributed by atoms with Crippen LogP contribution in [-0.4, -0.2) is 25.2 Å². The summed E-state index contributed by atoms with van der Waals surface area (Å²) in [5, 5.41) is 3.93. The van der Waals surface area contributed by atoms with Gasteiger partial charge in [0.15, 0.2) is 0 Å². The summed E-state index contributed by atoms with van der Waals surface area (Å²) < 4.78 is 10.00. The number of methoxy groups -OCH3 is 1. The maximum Gasteiger partial charge on any atom is 0.308 e. The molecule has 0 aliphatic rings. The largest absolute Gasteiger partial charge is 0.491 e. The predicted molar refractivity (Wildman–Crippen MR) is 80.2 cm³/mol. The van der Waals surface area contributed by atoms with Crippen molar-refractivity contribution < 1.29 is 14.3 Å². The van der Waals surface area contributed by atoms with Gasteiger partial charge < -0.3 is 14.8 Å². The van der Waals surface area contributed by atoms with Crippen LogP contribution in [0.4, 0.5) is 0 Å². The molecule has 0 saturated carbocycles. The van der Waals surface area contributed by atoms with Crippen molar-refractivity contribution in [3.8, 4) is 5.75 Å². The van der Waals surface area contributed by atoms with Crippen molar-refractivity contribution in [1.82, 2.24) is 5.32 Å². The standard InChI is InChI=1S/C15H22ClNO3/c1-15(2,3)17-10-11-5-6-13(12(16)9-11)20-8-7-14(18)19-4/h5-6,9,17H,7-8,10H2,1-4H3. The zero-order chi connectivity index (χ0) is 15.2. The number of hydrogen-bond acceptors (Lipinski definition) is 4. The third kappa shape index (κ3) is 6.26. The maximum absolute atomic E-state index is 11.0. The molecule has 5 heteroatoms. The van der Waals surface area contributed by atoms with Crippen LogP contribution in [0.5, 0.6) is 5.75 Å². The molecule has 1 aromatic rings. The number of carbonyl (C=O) groups is 1. The number of nitrogens with one attached hydrogen (secondary N) is 1. The van der Waals surface area contributed by atoms with Crippen LogP contribution in [0.15, 0.2) is 18.2 Å². The summed E-state index contributed by atoms with van der Waals surface area (Å²) >= 11 is 6.16. The summed E-state index contributed by atoms with van der Waals surface area (Å²) in [4.78, 5) is 11.0. The number of ether oxygens (including phenoxy) is 2. The van der Waals surface area contributed by atoms with Crippen LogP contribution in [0.1, 0.15) is 32.8 Å². The molecule has 0 atom stereocenters. The van der Waals surface area contributed by atoms with Gasteiger partial charge in [-0.3, -0.25) is 4.79 Å². The molecule has 0 bridgehead atoms. The van der Waals surface area contributed by atoms with E-state index in [4.69, 9.17) is 16.3 Å². The fraction of sp³-hybridized carbons (Fsp3) is 0.533. The molecule has 0 saturated heterocycles. The van der Waals surface area contributed by atoms with Crippen LogP contribution in [0.3, 0.4) is 0 Å². The number of esters is 1. The van der Waals surface area contributed by atoms with Crippen LogP contribution >= 0.6 is 11.6 Å². The summed E-state index contributed by atoms with van der Waals surface area (Å²) in [6.07, 6.45) is 0.208. The molecule has 0 amide bonds. The maximum atomic E-state index is 11.0. The van der Waals surface area contributed by atoms with Crippen molar-refractivity contribution >= 4 is 17.6 Å². The van der Waals surface area contributed by atoms with Crippen molar-refractivity contribution in [2.24, 2.45) is 0 Å². The Morgan fingerprint density at radius 2 is 2.05 bits per heavy atom. The second-order valence-electron chi connectivity index (χ2n) is 5.54. The van der Waals surface area contributed by atoms with Crippen molar-refractivity contribution in [2.45, 2.75) is 39.3 Å². The van der Waals surface area contributed by atoms with Crippen molar-refractivity contribution in [2.75, 3.05) is 13.7 Å². The molecule has 20 heavy (non-hydrogen) atoms. The zero-order valence-corrected chi connectivity index (χ0v) is 13.2. The lowest BCUT2D eigenvalue weighted by Gasteiger charge is -2.20. The van der Waals surface area contributed by atoms with E-state index < -0.39 is 0 Å². The molecule has 1 aromatic carbocycles. The number of carbonyl (C=O) groups excluding carboxylic acids is 1. The normalized spacial score (nSPS) is 11.2. The Bertz CT molecular complexity index is 455. The molecule has 0 fully saturated rings. The molecule has 0 aliphatic heterocycles. The molecule has 0 unspecified atom stereocenters. The Morgan fingerprint density at radius 3 is 2.60 bits per heavy atom. The minimum absolute atomic E-state index is 0.0577. The minimum Gasteiger partial charge on any atom is -0.491 e. The summed E-state index contributed by atoms with van der Waals surface area (Å²) in [7, 11) is 1.35. The molecule has 0 radical (unpaired) electrons. The van der Waals surface area contributed by atoms with Crippen LogP contribution in [-0.2, 0) is 16.1 Å². The van der Waals surface area contributed by atoms with E-state index in [9.17, 15) is 4.79 Å². The van der Waals surface area contributed by atoms with Crippen LogP contribution < -0.4 is 10.1 Å². The quantitative estimate of drug-likeness (QED) is 0.820. The smallest absolute Gasteiger partial charge is 0.308 e.